The monoisotopic (exact) mass is 758 g/mol. The molecule has 4 N–H and O–H groups in total. The number of carbonyl (C=O) groups is 2. The second-order valence-corrected chi connectivity index (χ2v) is 14.6. The number of methoxy groups -OCH3 is 2. The highest BCUT2D eigenvalue weighted by Crippen LogP contribution is 2.25. The molecule has 0 saturated heterocycles. The van der Waals surface area contributed by atoms with Crippen LogP contribution in [0, 0.1) is 0 Å². The van der Waals surface area contributed by atoms with Crippen molar-refractivity contribution in [1.29, 1.82) is 0 Å². The van der Waals surface area contributed by atoms with Crippen LogP contribution in [0.15, 0.2) is 95.2 Å². The summed E-state index contributed by atoms with van der Waals surface area (Å²) in [7, 11) is -4.91. The first-order valence-corrected chi connectivity index (χ1v) is 18.1. The summed E-state index contributed by atoms with van der Waals surface area (Å²) in [5, 5.41) is 10.2. The second kappa shape index (κ2) is 14.6. The van der Waals surface area contributed by atoms with E-state index in [1.54, 1.807) is 72.4 Å². The molecule has 0 aliphatic rings. The molecule has 0 unspecified atom stereocenters. The lowest BCUT2D eigenvalue weighted by Crippen LogP contribution is -2.15. The number of hydrogen-bond donors (Lipinski definition) is 2. The fraction of sp³-hybridized carbons (Fsp3) is 0.125. The first kappa shape index (κ1) is 36.4. The van der Waals surface area contributed by atoms with E-state index in [0.29, 0.717) is 17.0 Å². The Morgan fingerprint density at radius 1 is 0.640 bits per heavy atom. The van der Waals surface area contributed by atoms with Gasteiger partial charge in [-0.1, -0.05) is 23.2 Å². The summed E-state index contributed by atoms with van der Waals surface area (Å²) >= 11 is 11.7. The first-order chi connectivity index (χ1) is 23.6. The number of nitrogens with two attached hydrogens (primary N) is 2. The molecule has 0 radical (unpaired) electrons. The molecule has 14 nitrogen and oxygen atoms in total. The van der Waals surface area contributed by atoms with Crippen molar-refractivity contribution in [3.63, 3.8) is 0 Å². The van der Waals surface area contributed by atoms with E-state index >= 15 is 0 Å². The lowest BCUT2D eigenvalue weighted by molar-refractivity contribution is 0.0965. The van der Waals surface area contributed by atoms with Crippen LogP contribution in [0.2, 0.25) is 10.0 Å². The molecule has 0 fully saturated rings. The summed E-state index contributed by atoms with van der Waals surface area (Å²) < 4.78 is 59.8. The van der Waals surface area contributed by atoms with Crippen molar-refractivity contribution in [1.82, 2.24) is 19.1 Å². The smallest absolute Gasteiger partial charge is 0.239 e. The van der Waals surface area contributed by atoms with Crippen LogP contribution in [-0.4, -0.2) is 61.7 Å². The second-order valence-electron chi connectivity index (χ2n) is 10.7. The van der Waals surface area contributed by atoms with Crippen molar-refractivity contribution in [3.8, 4) is 11.5 Å². The van der Waals surface area contributed by atoms with Gasteiger partial charge >= 0.3 is 0 Å². The number of ether oxygens (including phenoxy) is 2. The summed E-state index contributed by atoms with van der Waals surface area (Å²) in [6, 6.07) is 18.6. The normalized spacial score (nSPS) is 11.6. The molecule has 18 heteroatoms. The molecule has 6 aromatic rings. The highest BCUT2D eigenvalue weighted by atomic mass is 35.5. The minimum absolute atomic E-state index is 0.00544. The van der Waals surface area contributed by atoms with Gasteiger partial charge in [0.2, 0.25) is 20.0 Å². The lowest BCUT2D eigenvalue weighted by atomic mass is 10.1. The molecule has 4 aromatic carbocycles. The Morgan fingerprint density at radius 2 is 1.10 bits per heavy atom. The number of benzene rings is 4. The summed E-state index contributed by atoms with van der Waals surface area (Å²) in [4.78, 5) is 33.0. The van der Waals surface area contributed by atoms with Gasteiger partial charge in [-0.15, -0.1) is 0 Å². The number of carbonyl (C=O) groups excluding carboxylic acids is 2. The van der Waals surface area contributed by atoms with Gasteiger partial charge in [-0.2, -0.15) is 0 Å². The Bertz CT molecular complexity index is 2500. The van der Waals surface area contributed by atoms with Gasteiger partial charge in [0.05, 0.1) is 72.1 Å². The predicted octanol–water partition coefficient (Wildman–Crippen LogP) is 4.46. The lowest BCUT2D eigenvalue weighted by Gasteiger charge is -2.07. The Labute approximate surface area is 296 Å². The maximum absolute atomic E-state index is 12.5. The third-order valence-corrected chi connectivity index (χ3v) is 10.2. The molecule has 0 aliphatic carbocycles. The molecule has 50 heavy (non-hydrogen) atoms. The number of aromatic nitrogens is 4. The van der Waals surface area contributed by atoms with Crippen LogP contribution in [0.5, 0.6) is 11.5 Å². The maximum atomic E-state index is 12.5. The van der Waals surface area contributed by atoms with E-state index in [1.165, 1.54) is 36.4 Å². The number of nitrogens with zero attached hydrogens (tertiary/aromatic N) is 4. The number of imidazole rings is 2. The zero-order chi connectivity index (χ0) is 36.4. The van der Waals surface area contributed by atoms with Crippen molar-refractivity contribution < 1.29 is 35.9 Å². The fourth-order valence-electron chi connectivity index (χ4n) is 4.87. The summed E-state index contributed by atoms with van der Waals surface area (Å²) in [5.74, 6) is 0.713. The highest BCUT2D eigenvalue weighted by molar-refractivity contribution is 7.89. The Morgan fingerprint density at radius 3 is 1.60 bits per heavy atom. The van der Waals surface area contributed by atoms with Gasteiger partial charge in [-0.3, -0.25) is 9.59 Å². The van der Waals surface area contributed by atoms with E-state index in [9.17, 15) is 26.4 Å². The summed E-state index contributed by atoms with van der Waals surface area (Å²) in [6.07, 6.45) is 3.08. The molecular formula is C32H28Cl2N6O8S2. The van der Waals surface area contributed by atoms with Gasteiger partial charge in [0, 0.05) is 23.3 Å². The molecule has 0 bridgehead atoms. The number of sulfonamides is 2. The largest absolute Gasteiger partial charge is 0.497 e. The van der Waals surface area contributed by atoms with Gasteiger partial charge in [-0.25, -0.2) is 37.1 Å². The number of fused-ring (bicyclic) bond motifs is 2. The fourth-order valence-corrected chi connectivity index (χ4v) is 7.01. The minimum Gasteiger partial charge on any atom is -0.497 e. The maximum Gasteiger partial charge on any atom is 0.239 e. The number of rotatable bonds is 10. The van der Waals surface area contributed by atoms with Crippen LogP contribution in [-0.2, 0) is 33.1 Å². The van der Waals surface area contributed by atoms with Crippen LogP contribution in [0.1, 0.15) is 20.7 Å². The molecule has 260 valence electrons. The molecule has 6 rings (SSSR count). The average molecular weight is 760 g/mol. The third kappa shape index (κ3) is 8.13. The Balaban J connectivity index is 0.000000194. The van der Waals surface area contributed by atoms with Crippen LogP contribution in [0.3, 0.4) is 0 Å². The molecule has 0 saturated carbocycles. The molecule has 0 atom stereocenters. The van der Waals surface area contributed by atoms with Gasteiger partial charge in [0.1, 0.15) is 21.3 Å². The quantitative estimate of drug-likeness (QED) is 0.188. The number of ketones is 2. The molecule has 2 heterocycles. The first-order valence-electron chi connectivity index (χ1n) is 14.3. The van der Waals surface area contributed by atoms with Gasteiger partial charge < -0.3 is 18.6 Å². The Hall–Kier alpha value is -4.84. The van der Waals surface area contributed by atoms with Crippen LogP contribution < -0.4 is 19.8 Å². The van der Waals surface area contributed by atoms with E-state index in [4.69, 9.17) is 43.0 Å². The molecule has 0 amide bonds. The number of hydrogen-bond acceptors (Lipinski definition) is 10. The average Bonchev–Trinajstić information content (AvgIpc) is 3.66. The van der Waals surface area contributed by atoms with Crippen LogP contribution >= 0.6 is 23.2 Å². The van der Waals surface area contributed by atoms with Crippen molar-refractivity contribution in [2.24, 2.45) is 10.3 Å². The number of Topliss-reactive ketones (excluding diaryl/α,β-unsaturated/α-hetero) is 2. The number of primary sulfonamides is 2. The van der Waals surface area contributed by atoms with Crippen molar-refractivity contribution in [3.05, 3.63) is 107 Å². The SMILES string of the molecule is COc1ccc2c(c1)ncn2CC(=O)c1ccc(Cl)c(S(N)(=O)=O)c1.COc1ccc2ncn(CC(=O)c3ccc(Cl)c(S(N)(=O)=O)c3)c2c1. The van der Waals surface area contributed by atoms with Crippen LogP contribution in [0.25, 0.3) is 22.1 Å². The van der Waals surface area contributed by atoms with Gasteiger partial charge in [0.25, 0.3) is 0 Å². The van der Waals surface area contributed by atoms with E-state index in [2.05, 4.69) is 9.97 Å². The topological polar surface area (TPSA) is 209 Å². The molecule has 2 aromatic heterocycles. The molecule has 0 spiro atoms. The third-order valence-electron chi connectivity index (χ3n) is 7.40. The Kier molecular flexibility index (Phi) is 10.6. The van der Waals surface area contributed by atoms with E-state index < -0.39 is 20.0 Å². The van der Waals surface area contributed by atoms with E-state index in [1.807, 2.05) is 0 Å². The number of halogens is 2. The van der Waals surface area contributed by atoms with E-state index in [0.717, 1.165) is 16.6 Å². The zero-order valence-electron chi connectivity index (χ0n) is 26.3. The highest BCUT2D eigenvalue weighted by Gasteiger charge is 2.19. The minimum atomic E-state index is -4.02. The molecule has 0 aliphatic heterocycles. The van der Waals surface area contributed by atoms with Crippen molar-refractivity contribution in [2.75, 3.05) is 14.2 Å². The van der Waals surface area contributed by atoms with Gasteiger partial charge in [0.15, 0.2) is 11.6 Å². The van der Waals surface area contributed by atoms with Crippen molar-refractivity contribution in [2.45, 2.75) is 22.9 Å². The zero-order valence-corrected chi connectivity index (χ0v) is 29.4. The standard InChI is InChI=1S/2C16H14ClN3O4S/c1-24-11-3-5-14-13(7-11)19-9-20(14)8-15(21)10-2-4-12(17)16(6-10)25(18,22)23;1-24-11-3-5-13-14(7-11)20(9-19-13)8-15(21)10-2-4-12(17)16(6-10)25(18,22)23/h2*2-7,9H,8H2,1H3,(H2,18,22,23). The van der Waals surface area contributed by atoms with E-state index in [-0.39, 0.29) is 55.6 Å². The van der Waals surface area contributed by atoms with Gasteiger partial charge in [-0.05, 0) is 60.7 Å². The summed E-state index contributed by atoms with van der Waals surface area (Å²) in [6.45, 7) is -0.0239. The molecular weight excluding hydrogens is 731 g/mol. The predicted molar refractivity (Wildman–Crippen MR) is 187 cm³/mol. The summed E-state index contributed by atoms with van der Waals surface area (Å²) in [5.41, 5.74) is 3.29. The van der Waals surface area contributed by atoms with Crippen LogP contribution in [0.4, 0.5) is 0 Å². The van der Waals surface area contributed by atoms with Crippen molar-refractivity contribution >= 4 is 76.9 Å².